The fourth-order valence-corrected chi connectivity index (χ4v) is 5.04. The summed E-state index contributed by atoms with van der Waals surface area (Å²) in [5, 5.41) is 2.67. The van der Waals surface area contributed by atoms with Gasteiger partial charge in [0.2, 0.25) is 0 Å². The number of benzene rings is 2. The third-order valence-electron chi connectivity index (χ3n) is 3.73. The molecule has 0 saturated carbocycles. The molecule has 0 unspecified atom stereocenters. The molecule has 0 aliphatic rings. The average molecular weight is 264 g/mol. The van der Waals surface area contributed by atoms with Crippen molar-refractivity contribution < 1.29 is 0 Å². The van der Waals surface area contributed by atoms with Crippen molar-refractivity contribution in [3.63, 3.8) is 0 Å². The molecule has 2 aromatic carbocycles. The number of hydrogen-bond acceptors (Lipinski definition) is 0. The van der Waals surface area contributed by atoms with Crippen molar-refractivity contribution in [1.82, 2.24) is 0 Å². The number of hydrogen-bond donors (Lipinski definition) is 0. The second-order valence-electron chi connectivity index (χ2n) is 5.26. The minimum Gasteiger partial charge on any atom is -0.0988 e. The zero-order valence-electron chi connectivity index (χ0n) is 11.7. The van der Waals surface area contributed by atoms with Gasteiger partial charge in [0.15, 0.2) is 0 Å². The summed E-state index contributed by atoms with van der Waals surface area (Å²) in [5.41, 5.74) is 2.48. The molecule has 0 spiro atoms. The summed E-state index contributed by atoms with van der Waals surface area (Å²) < 4.78 is 0. The van der Waals surface area contributed by atoms with E-state index in [9.17, 15) is 0 Å². The molecule has 0 heterocycles. The lowest BCUT2D eigenvalue weighted by atomic mass is 10.2. The summed E-state index contributed by atoms with van der Waals surface area (Å²) in [6.07, 6.45) is 1.95. The summed E-state index contributed by atoms with van der Waals surface area (Å²) in [5.74, 6) is 0. The van der Waals surface area contributed by atoms with Crippen LogP contribution in [0, 0.1) is 0 Å². The predicted octanol–water partition coefficient (Wildman–Crippen LogP) is 4.50. The van der Waals surface area contributed by atoms with E-state index in [1.165, 1.54) is 21.5 Å². The molecule has 0 saturated heterocycles. The minimum absolute atomic E-state index is 1.23. The first kappa shape index (κ1) is 13.6. The van der Waals surface area contributed by atoms with Crippen molar-refractivity contribution in [2.75, 3.05) is 0 Å². The van der Waals surface area contributed by atoms with Crippen LogP contribution in [0.3, 0.4) is 0 Å². The van der Waals surface area contributed by atoms with Crippen molar-refractivity contribution in [3.05, 3.63) is 78.9 Å². The average Bonchev–Trinajstić information content (AvgIpc) is 2.47. The lowest BCUT2D eigenvalue weighted by Crippen LogP contribution is -2.44. The summed E-state index contributed by atoms with van der Waals surface area (Å²) >= 11 is 0. The maximum absolute atomic E-state index is 4.38. The fraction of sp³-hybridized carbons (Fsp3) is 0.111. The Morgan fingerprint density at radius 1 is 0.947 bits per heavy atom. The van der Waals surface area contributed by atoms with Crippen molar-refractivity contribution in [2.45, 2.75) is 13.1 Å². The van der Waals surface area contributed by atoms with E-state index < -0.39 is 8.07 Å². The maximum atomic E-state index is 4.38. The van der Waals surface area contributed by atoms with Gasteiger partial charge in [0, 0.05) is 0 Å². The molecule has 0 nitrogen and oxygen atoms in total. The van der Waals surface area contributed by atoms with Gasteiger partial charge in [-0.2, -0.15) is 0 Å². The lowest BCUT2D eigenvalue weighted by molar-refractivity contribution is 1.62. The molecule has 96 valence electrons. The van der Waals surface area contributed by atoms with Crippen LogP contribution in [0.25, 0.3) is 11.3 Å². The molecule has 0 fully saturated rings. The predicted molar refractivity (Wildman–Crippen MR) is 89.1 cm³/mol. The molecule has 1 heteroatoms. The minimum atomic E-state index is -1.75. The van der Waals surface area contributed by atoms with E-state index in [0.29, 0.717) is 0 Å². The van der Waals surface area contributed by atoms with Crippen molar-refractivity contribution in [2.24, 2.45) is 0 Å². The van der Waals surface area contributed by atoms with Crippen LogP contribution in [0.2, 0.25) is 13.1 Å². The Morgan fingerprint density at radius 2 is 1.53 bits per heavy atom. The first-order valence-electron chi connectivity index (χ1n) is 6.54. The van der Waals surface area contributed by atoms with Crippen molar-refractivity contribution >= 4 is 24.5 Å². The van der Waals surface area contributed by atoms with Crippen molar-refractivity contribution in [3.8, 4) is 0 Å². The molecule has 0 aliphatic carbocycles. The summed E-state index contributed by atoms with van der Waals surface area (Å²) in [6.45, 7) is 13.0. The molecule has 0 aliphatic heterocycles. The van der Waals surface area contributed by atoms with E-state index in [2.05, 4.69) is 74.8 Å². The largest absolute Gasteiger partial charge is 0.113 e. The molecule has 0 radical (unpaired) electrons. The van der Waals surface area contributed by atoms with Crippen LogP contribution in [-0.2, 0) is 0 Å². The standard InChI is InChI=1S/C18H20Si/c1-5-16-11-9-10-14-18(16)19(3,4)15(2)17-12-7-6-8-13-17/h5-14H,1-2H2,3-4H3. The Morgan fingerprint density at radius 3 is 2.16 bits per heavy atom. The van der Waals surface area contributed by atoms with Gasteiger partial charge in [-0.15, -0.1) is 0 Å². The van der Waals surface area contributed by atoms with Crippen LogP contribution >= 0.6 is 0 Å². The Balaban J connectivity index is 2.48. The van der Waals surface area contributed by atoms with E-state index in [0.717, 1.165) is 0 Å². The Hall–Kier alpha value is -1.86. The van der Waals surface area contributed by atoms with Crippen LogP contribution in [0.4, 0.5) is 0 Å². The second-order valence-corrected chi connectivity index (χ2v) is 9.65. The molecule has 0 bridgehead atoms. The van der Waals surface area contributed by atoms with Crippen LogP contribution in [0.1, 0.15) is 11.1 Å². The van der Waals surface area contributed by atoms with Gasteiger partial charge < -0.3 is 0 Å². The molecule has 19 heavy (non-hydrogen) atoms. The second kappa shape index (κ2) is 5.41. The molecule has 0 amide bonds. The Labute approximate surface area is 117 Å². The number of rotatable bonds is 4. The Kier molecular flexibility index (Phi) is 3.86. The highest BCUT2D eigenvalue weighted by Gasteiger charge is 2.29. The summed E-state index contributed by atoms with van der Waals surface area (Å²) in [7, 11) is -1.75. The zero-order chi connectivity index (χ0) is 13.9. The van der Waals surface area contributed by atoms with Crippen LogP contribution in [0.5, 0.6) is 0 Å². The third-order valence-corrected chi connectivity index (χ3v) is 7.33. The van der Waals surface area contributed by atoms with E-state index in [4.69, 9.17) is 0 Å². The molecular weight excluding hydrogens is 244 g/mol. The monoisotopic (exact) mass is 264 g/mol. The SMILES string of the molecule is C=Cc1ccccc1[Si](C)(C)C(=C)c1ccccc1. The molecular formula is C18H20Si. The molecule has 0 aromatic heterocycles. The first-order chi connectivity index (χ1) is 9.07. The van der Waals surface area contributed by atoms with Gasteiger partial charge in [-0.1, -0.05) is 92.1 Å². The quantitative estimate of drug-likeness (QED) is 0.713. The van der Waals surface area contributed by atoms with E-state index in [-0.39, 0.29) is 0 Å². The van der Waals surface area contributed by atoms with Gasteiger partial charge in [0.05, 0.1) is 0 Å². The van der Waals surface area contributed by atoms with E-state index in [1.807, 2.05) is 12.1 Å². The molecule has 2 aromatic rings. The van der Waals surface area contributed by atoms with Crippen LogP contribution in [-0.4, -0.2) is 8.07 Å². The Bertz CT molecular complexity index is 594. The van der Waals surface area contributed by atoms with Gasteiger partial charge in [0.25, 0.3) is 0 Å². The zero-order valence-corrected chi connectivity index (χ0v) is 12.7. The van der Waals surface area contributed by atoms with Crippen LogP contribution in [0.15, 0.2) is 67.8 Å². The van der Waals surface area contributed by atoms with Gasteiger partial charge in [0.1, 0.15) is 8.07 Å². The van der Waals surface area contributed by atoms with Gasteiger partial charge >= 0.3 is 0 Å². The smallest absolute Gasteiger partial charge is 0.0988 e. The van der Waals surface area contributed by atoms with Gasteiger partial charge in [-0.3, -0.25) is 0 Å². The molecule has 0 N–H and O–H groups in total. The van der Waals surface area contributed by atoms with Gasteiger partial charge in [-0.25, -0.2) is 0 Å². The summed E-state index contributed by atoms with van der Waals surface area (Å²) in [6, 6.07) is 19.0. The summed E-state index contributed by atoms with van der Waals surface area (Å²) in [4.78, 5) is 0. The highest BCUT2D eigenvalue weighted by Crippen LogP contribution is 2.25. The maximum Gasteiger partial charge on any atom is 0.113 e. The topological polar surface area (TPSA) is 0 Å². The normalized spacial score (nSPS) is 11.1. The molecule has 2 rings (SSSR count). The van der Waals surface area contributed by atoms with E-state index in [1.54, 1.807) is 0 Å². The highest BCUT2D eigenvalue weighted by atomic mass is 28.3. The fourth-order valence-electron chi connectivity index (χ4n) is 2.41. The lowest BCUT2D eigenvalue weighted by Gasteiger charge is -2.28. The van der Waals surface area contributed by atoms with Gasteiger partial charge in [-0.05, 0) is 16.3 Å². The first-order valence-corrected chi connectivity index (χ1v) is 9.54. The third kappa shape index (κ3) is 2.61. The van der Waals surface area contributed by atoms with E-state index >= 15 is 0 Å². The van der Waals surface area contributed by atoms with Crippen LogP contribution < -0.4 is 5.19 Å². The molecule has 0 atom stereocenters. The highest BCUT2D eigenvalue weighted by molar-refractivity contribution is 7.04. The van der Waals surface area contributed by atoms with Crippen molar-refractivity contribution in [1.29, 1.82) is 0 Å².